The monoisotopic (exact) mass is 208 g/mol. The second kappa shape index (κ2) is 3.78. The van der Waals surface area contributed by atoms with E-state index in [1.807, 2.05) is 19.1 Å². The predicted octanol–water partition coefficient (Wildman–Crippen LogP) is 4.71. The summed E-state index contributed by atoms with van der Waals surface area (Å²) < 4.78 is 0. The van der Waals surface area contributed by atoms with Crippen LogP contribution in [0.3, 0.4) is 0 Å². The molecule has 0 saturated heterocycles. The Hall–Kier alpha value is -0.750. The van der Waals surface area contributed by atoms with Gasteiger partial charge in [-0.2, -0.15) is 0 Å². The molecule has 0 heterocycles. The van der Waals surface area contributed by atoms with Gasteiger partial charge in [0.05, 0.1) is 0 Å². The van der Waals surface area contributed by atoms with Crippen molar-refractivity contribution in [1.82, 2.24) is 0 Å². The van der Waals surface area contributed by atoms with Gasteiger partial charge in [-0.25, -0.2) is 0 Å². The van der Waals surface area contributed by atoms with Gasteiger partial charge in [0.1, 0.15) is 0 Å². The van der Waals surface area contributed by atoms with Crippen LogP contribution in [0.2, 0.25) is 5.02 Å². The molecular formula is C13H17Cl. The van der Waals surface area contributed by atoms with Crippen molar-refractivity contribution in [2.75, 3.05) is 0 Å². The summed E-state index contributed by atoms with van der Waals surface area (Å²) in [4.78, 5) is 0. The summed E-state index contributed by atoms with van der Waals surface area (Å²) in [5.74, 6) is 0. The highest BCUT2D eigenvalue weighted by molar-refractivity contribution is 6.31. The quantitative estimate of drug-likeness (QED) is 0.627. The van der Waals surface area contributed by atoms with Gasteiger partial charge < -0.3 is 0 Å². The van der Waals surface area contributed by atoms with Crippen LogP contribution in [-0.2, 0) is 0 Å². The lowest BCUT2D eigenvalue weighted by atomic mass is 9.83. The van der Waals surface area contributed by atoms with Crippen LogP contribution in [0.15, 0.2) is 24.8 Å². The molecule has 0 saturated carbocycles. The van der Waals surface area contributed by atoms with E-state index in [1.165, 1.54) is 0 Å². The van der Waals surface area contributed by atoms with Gasteiger partial charge in [-0.15, -0.1) is 0 Å². The largest absolute Gasteiger partial charge is 0.0947 e. The highest BCUT2D eigenvalue weighted by atomic mass is 35.5. The van der Waals surface area contributed by atoms with Gasteiger partial charge in [0.2, 0.25) is 0 Å². The van der Waals surface area contributed by atoms with Gasteiger partial charge in [0, 0.05) is 5.02 Å². The van der Waals surface area contributed by atoms with Gasteiger partial charge in [-0.1, -0.05) is 51.1 Å². The molecule has 1 aromatic rings. The van der Waals surface area contributed by atoms with E-state index in [1.54, 1.807) is 0 Å². The van der Waals surface area contributed by atoms with Crippen LogP contribution in [0.5, 0.6) is 0 Å². The minimum absolute atomic E-state index is 0.0958. The van der Waals surface area contributed by atoms with Crippen molar-refractivity contribution in [1.29, 1.82) is 0 Å². The molecule has 0 bridgehead atoms. The summed E-state index contributed by atoms with van der Waals surface area (Å²) in [6, 6.07) is 6.11. The molecule has 0 atom stereocenters. The smallest absolute Gasteiger partial charge is 0.0441 e. The van der Waals surface area contributed by atoms with Crippen LogP contribution in [0, 0.1) is 12.3 Å². The van der Waals surface area contributed by atoms with Crippen molar-refractivity contribution in [3.05, 3.63) is 40.9 Å². The highest BCUT2D eigenvalue weighted by Crippen LogP contribution is 2.33. The van der Waals surface area contributed by atoms with E-state index in [0.29, 0.717) is 0 Å². The Kier molecular flexibility index (Phi) is 3.06. The summed E-state index contributed by atoms with van der Waals surface area (Å²) in [7, 11) is 0. The zero-order chi connectivity index (χ0) is 10.9. The number of hydrogen-bond acceptors (Lipinski definition) is 0. The minimum Gasteiger partial charge on any atom is -0.0947 e. The third-order valence-corrected chi connectivity index (χ3v) is 2.83. The number of rotatable bonds is 1. The van der Waals surface area contributed by atoms with Crippen molar-refractivity contribution in [2.45, 2.75) is 27.7 Å². The van der Waals surface area contributed by atoms with Crippen LogP contribution < -0.4 is 0 Å². The molecule has 0 aliphatic rings. The Morgan fingerprint density at radius 1 is 1.29 bits per heavy atom. The summed E-state index contributed by atoms with van der Waals surface area (Å²) in [6.07, 6.45) is 0. The molecule has 1 rings (SSSR count). The molecule has 14 heavy (non-hydrogen) atoms. The van der Waals surface area contributed by atoms with E-state index < -0.39 is 0 Å². The first-order chi connectivity index (χ1) is 6.32. The Balaban J connectivity index is 3.10. The van der Waals surface area contributed by atoms with Crippen molar-refractivity contribution in [3.8, 4) is 0 Å². The van der Waals surface area contributed by atoms with Gasteiger partial charge >= 0.3 is 0 Å². The van der Waals surface area contributed by atoms with E-state index in [-0.39, 0.29) is 5.41 Å². The van der Waals surface area contributed by atoms with Gasteiger partial charge in [-0.05, 0) is 35.1 Å². The molecule has 0 amide bonds. The standard InChI is InChI=1S/C13H17Cl/c1-9-6-7-11(8-12(9)14)10(2)13(3,4)5/h6-8H,2H2,1,3-5H3. The summed E-state index contributed by atoms with van der Waals surface area (Å²) in [5, 5.41) is 0.813. The lowest BCUT2D eigenvalue weighted by Crippen LogP contribution is -2.07. The first-order valence-electron chi connectivity index (χ1n) is 4.78. The Morgan fingerprint density at radius 3 is 2.29 bits per heavy atom. The van der Waals surface area contributed by atoms with Crippen LogP contribution in [0.4, 0.5) is 0 Å². The zero-order valence-corrected chi connectivity index (χ0v) is 10.1. The average Bonchev–Trinajstić information content (AvgIpc) is 2.07. The third kappa shape index (κ3) is 2.39. The molecule has 0 N–H and O–H groups in total. The van der Waals surface area contributed by atoms with Crippen LogP contribution in [0.1, 0.15) is 31.9 Å². The molecule has 0 aliphatic carbocycles. The molecule has 76 valence electrons. The van der Waals surface area contributed by atoms with Crippen molar-refractivity contribution >= 4 is 17.2 Å². The normalized spacial score (nSPS) is 11.5. The van der Waals surface area contributed by atoms with Gasteiger partial charge in [0.15, 0.2) is 0 Å². The van der Waals surface area contributed by atoms with Crippen molar-refractivity contribution < 1.29 is 0 Å². The van der Waals surface area contributed by atoms with Crippen LogP contribution in [-0.4, -0.2) is 0 Å². The molecular weight excluding hydrogens is 192 g/mol. The first-order valence-corrected chi connectivity index (χ1v) is 5.16. The first kappa shape index (κ1) is 11.3. The Labute approximate surface area is 91.6 Å². The Bertz CT molecular complexity index is 356. The fraction of sp³-hybridized carbons (Fsp3) is 0.385. The molecule has 0 aromatic heterocycles. The number of allylic oxidation sites excluding steroid dienone is 1. The summed E-state index contributed by atoms with van der Waals surface area (Å²) in [5.41, 5.74) is 3.46. The fourth-order valence-electron chi connectivity index (χ4n) is 1.21. The SMILES string of the molecule is C=C(c1ccc(C)c(Cl)c1)C(C)(C)C. The van der Waals surface area contributed by atoms with Gasteiger partial charge in [-0.3, -0.25) is 0 Å². The zero-order valence-electron chi connectivity index (χ0n) is 9.32. The van der Waals surface area contributed by atoms with Crippen LogP contribution in [0.25, 0.3) is 5.57 Å². The lowest BCUT2D eigenvalue weighted by Gasteiger charge is -2.22. The van der Waals surface area contributed by atoms with E-state index in [9.17, 15) is 0 Å². The van der Waals surface area contributed by atoms with Gasteiger partial charge in [0.25, 0.3) is 0 Å². The predicted molar refractivity (Wildman–Crippen MR) is 64.7 cm³/mol. The second-order valence-corrected chi connectivity index (χ2v) is 5.10. The maximum atomic E-state index is 6.07. The molecule has 0 nitrogen and oxygen atoms in total. The van der Waals surface area contributed by atoms with E-state index in [0.717, 1.165) is 21.7 Å². The molecule has 0 aliphatic heterocycles. The molecule has 0 radical (unpaired) electrons. The molecule has 1 aromatic carbocycles. The second-order valence-electron chi connectivity index (χ2n) is 4.69. The summed E-state index contributed by atoms with van der Waals surface area (Å²) >= 11 is 6.07. The number of halogens is 1. The molecule has 0 spiro atoms. The van der Waals surface area contributed by atoms with E-state index in [2.05, 4.69) is 33.4 Å². The molecule has 0 fully saturated rings. The molecule has 0 unspecified atom stereocenters. The van der Waals surface area contributed by atoms with E-state index >= 15 is 0 Å². The van der Waals surface area contributed by atoms with Crippen LogP contribution >= 0.6 is 11.6 Å². The number of benzene rings is 1. The van der Waals surface area contributed by atoms with Crippen molar-refractivity contribution in [3.63, 3.8) is 0 Å². The summed E-state index contributed by atoms with van der Waals surface area (Å²) in [6.45, 7) is 12.6. The van der Waals surface area contributed by atoms with Crippen molar-refractivity contribution in [2.24, 2.45) is 5.41 Å². The maximum absolute atomic E-state index is 6.07. The lowest BCUT2D eigenvalue weighted by molar-refractivity contribution is 0.568. The minimum atomic E-state index is 0.0958. The fourth-order valence-corrected chi connectivity index (χ4v) is 1.39. The number of aryl methyl sites for hydroxylation is 1. The third-order valence-electron chi connectivity index (χ3n) is 2.43. The average molecular weight is 209 g/mol. The van der Waals surface area contributed by atoms with E-state index in [4.69, 9.17) is 11.6 Å². The Morgan fingerprint density at radius 2 is 1.86 bits per heavy atom. The maximum Gasteiger partial charge on any atom is 0.0441 e. The topological polar surface area (TPSA) is 0 Å². The number of hydrogen-bond donors (Lipinski definition) is 0. The molecule has 1 heteroatoms. The highest BCUT2D eigenvalue weighted by Gasteiger charge is 2.16.